The fourth-order valence-corrected chi connectivity index (χ4v) is 2.49. The van der Waals surface area contributed by atoms with Crippen LogP contribution in [0.15, 0.2) is 21.2 Å². The Morgan fingerprint density at radius 3 is 2.50 bits per heavy atom. The van der Waals surface area contributed by atoms with Gasteiger partial charge in [-0.05, 0) is 40.9 Å². The predicted molar refractivity (Wildman–Crippen MR) is 78.3 cm³/mol. The number of nitrogens with one attached hydrogen (secondary N) is 1. The zero-order chi connectivity index (χ0) is 14.7. The van der Waals surface area contributed by atoms with Crippen LogP contribution in [-0.4, -0.2) is 35.8 Å². The van der Waals surface area contributed by atoms with Gasteiger partial charge in [0.1, 0.15) is 0 Å². The molecular weight excluding hydrogens is 324 g/mol. The first-order valence-electron chi connectivity index (χ1n) is 6.82. The number of rotatable bonds is 3. The van der Waals surface area contributed by atoms with Crippen molar-refractivity contribution in [3.63, 3.8) is 0 Å². The summed E-state index contributed by atoms with van der Waals surface area (Å²) in [6.07, 6.45) is 1.57. The summed E-state index contributed by atoms with van der Waals surface area (Å²) in [6, 6.07) is 3.54. The molecule has 2 rings (SSSR count). The molecule has 1 aliphatic rings. The van der Waals surface area contributed by atoms with E-state index >= 15 is 0 Å². The number of furan rings is 1. The number of amides is 2. The van der Waals surface area contributed by atoms with Crippen molar-refractivity contribution in [2.45, 2.75) is 32.7 Å². The quantitative estimate of drug-likeness (QED) is 0.917. The summed E-state index contributed by atoms with van der Waals surface area (Å²) in [5.41, 5.74) is 0. The number of hydrogen-bond acceptors (Lipinski definition) is 3. The van der Waals surface area contributed by atoms with E-state index in [9.17, 15) is 9.59 Å². The Morgan fingerprint density at radius 1 is 1.35 bits per heavy atom. The summed E-state index contributed by atoms with van der Waals surface area (Å²) in [4.78, 5) is 25.6. The SMILES string of the molecule is CC(C)C(=O)NC1CCN(C(=O)c2ccc(Br)o2)CC1. The molecule has 1 N–H and O–H groups in total. The van der Waals surface area contributed by atoms with E-state index in [2.05, 4.69) is 21.2 Å². The molecule has 1 aromatic heterocycles. The van der Waals surface area contributed by atoms with Crippen LogP contribution in [-0.2, 0) is 4.79 Å². The lowest BCUT2D eigenvalue weighted by Crippen LogP contribution is -2.47. The largest absolute Gasteiger partial charge is 0.444 e. The number of likely N-dealkylation sites (tertiary alicyclic amines) is 1. The second-order valence-corrected chi connectivity index (χ2v) is 6.12. The van der Waals surface area contributed by atoms with Crippen LogP contribution in [0.5, 0.6) is 0 Å². The van der Waals surface area contributed by atoms with Crippen molar-refractivity contribution in [3.05, 3.63) is 22.6 Å². The van der Waals surface area contributed by atoms with Crippen molar-refractivity contribution in [2.24, 2.45) is 5.92 Å². The number of nitrogens with zero attached hydrogens (tertiary/aromatic N) is 1. The van der Waals surface area contributed by atoms with Crippen molar-refractivity contribution in [1.82, 2.24) is 10.2 Å². The van der Waals surface area contributed by atoms with E-state index in [-0.39, 0.29) is 23.8 Å². The Bertz CT molecular complexity index is 490. The number of carbonyl (C=O) groups is 2. The van der Waals surface area contributed by atoms with E-state index in [0.29, 0.717) is 23.5 Å². The Morgan fingerprint density at radius 2 is 2.00 bits per heavy atom. The van der Waals surface area contributed by atoms with E-state index in [1.54, 1.807) is 17.0 Å². The van der Waals surface area contributed by atoms with Crippen molar-refractivity contribution < 1.29 is 14.0 Å². The molecule has 6 heteroatoms. The molecule has 0 aliphatic carbocycles. The first-order valence-corrected chi connectivity index (χ1v) is 7.61. The maximum Gasteiger partial charge on any atom is 0.289 e. The standard InChI is InChI=1S/C14H19BrN2O3/c1-9(2)13(18)16-10-5-7-17(8-6-10)14(19)11-3-4-12(15)20-11/h3-4,9-10H,5-8H2,1-2H3,(H,16,18). The minimum atomic E-state index is -0.0932. The molecule has 1 aromatic rings. The van der Waals surface area contributed by atoms with Gasteiger partial charge >= 0.3 is 0 Å². The Kier molecular flexibility index (Phi) is 4.86. The van der Waals surface area contributed by atoms with Gasteiger partial charge in [0.05, 0.1) is 0 Å². The molecule has 5 nitrogen and oxygen atoms in total. The molecule has 0 bridgehead atoms. The molecule has 2 amide bonds. The molecule has 1 fully saturated rings. The monoisotopic (exact) mass is 342 g/mol. The van der Waals surface area contributed by atoms with Gasteiger partial charge in [0.15, 0.2) is 10.4 Å². The van der Waals surface area contributed by atoms with Crippen LogP contribution < -0.4 is 5.32 Å². The number of halogens is 1. The lowest BCUT2D eigenvalue weighted by molar-refractivity contribution is -0.124. The molecule has 2 heterocycles. The maximum absolute atomic E-state index is 12.2. The van der Waals surface area contributed by atoms with Crippen LogP contribution in [0.25, 0.3) is 0 Å². The summed E-state index contributed by atoms with van der Waals surface area (Å²) in [5, 5.41) is 3.01. The van der Waals surface area contributed by atoms with E-state index in [1.165, 1.54) is 0 Å². The lowest BCUT2D eigenvalue weighted by Gasteiger charge is -2.32. The predicted octanol–water partition coefficient (Wildman–Crippen LogP) is 2.42. The van der Waals surface area contributed by atoms with Gasteiger partial charge in [-0.25, -0.2) is 0 Å². The summed E-state index contributed by atoms with van der Waals surface area (Å²) in [5.74, 6) is 0.325. The molecule has 1 saturated heterocycles. The Balaban J connectivity index is 1.85. The second kappa shape index (κ2) is 6.43. The minimum Gasteiger partial charge on any atom is -0.444 e. The van der Waals surface area contributed by atoms with E-state index in [4.69, 9.17) is 4.42 Å². The molecule has 0 saturated carbocycles. The number of hydrogen-bond donors (Lipinski definition) is 1. The van der Waals surface area contributed by atoms with E-state index in [1.807, 2.05) is 13.8 Å². The van der Waals surface area contributed by atoms with Crippen molar-refractivity contribution >= 4 is 27.7 Å². The highest BCUT2D eigenvalue weighted by molar-refractivity contribution is 9.10. The average molecular weight is 343 g/mol. The topological polar surface area (TPSA) is 62.6 Å². The second-order valence-electron chi connectivity index (χ2n) is 5.33. The molecule has 0 aromatic carbocycles. The van der Waals surface area contributed by atoms with Gasteiger partial charge in [-0.3, -0.25) is 9.59 Å². The van der Waals surface area contributed by atoms with Crippen LogP contribution >= 0.6 is 15.9 Å². The lowest BCUT2D eigenvalue weighted by atomic mass is 10.0. The Labute approximate surface area is 126 Å². The van der Waals surface area contributed by atoms with E-state index < -0.39 is 0 Å². The van der Waals surface area contributed by atoms with Gasteiger partial charge in [-0.1, -0.05) is 13.8 Å². The maximum atomic E-state index is 12.2. The smallest absolute Gasteiger partial charge is 0.289 e. The molecule has 1 aliphatic heterocycles. The molecule has 0 spiro atoms. The first kappa shape index (κ1) is 15.1. The fraction of sp³-hybridized carbons (Fsp3) is 0.571. The summed E-state index contributed by atoms with van der Waals surface area (Å²) >= 11 is 3.19. The molecule has 0 atom stereocenters. The minimum absolute atomic E-state index is 0.00451. The molecule has 20 heavy (non-hydrogen) atoms. The van der Waals surface area contributed by atoms with Gasteiger partial charge in [-0.15, -0.1) is 0 Å². The third kappa shape index (κ3) is 3.62. The number of carbonyl (C=O) groups excluding carboxylic acids is 2. The van der Waals surface area contributed by atoms with E-state index in [0.717, 1.165) is 12.8 Å². The highest BCUT2D eigenvalue weighted by Crippen LogP contribution is 2.18. The van der Waals surface area contributed by atoms with Crippen LogP contribution in [0.1, 0.15) is 37.2 Å². The average Bonchev–Trinajstić information content (AvgIpc) is 2.85. The molecular formula is C14H19BrN2O3. The molecule has 110 valence electrons. The van der Waals surface area contributed by atoms with Gasteiger partial charge in [0.25, 0.3) is 5.91 Å². The third-order valence-electron chi connectivity index (χ3n) is 3.44. The van der Waals surface area contributed by atoms with Gasteiger partial charge in [0, 0.05) is 25.0 Å². The molecule has 0 unspecified atom stereocenters. The summed E-state index contributed by atoms with van der Waals surface area (Å²) in [6.45, 7) is 5.03. The van der Waals surface area contributed by atoms with Crippen LogP contribution in [0.4, 0.5) is 0 Å². The van der Waals surface area contributed by atoms with Crippen LogP contribution in [0.2, 0.25) is 0 Å². The fourth-order valence-electron chi connectivity index (χ4n) is 2.18. The van der Waals surface area contributed by atoms with Crippen LogP contribution in [0, 0.1) is 5.92 Å². The van der Waals surface area contributed by atoms with Gasteiger partial charge in [-0.2, -0.15) is 0 Å². The van der Waals surface area contributed by atoms with Crippen molar-refractivity contribution in [1.29, 1.82) is 0 Å². The van der Waals surface area contributed by atoms with Crippen LogP contribution in [0.3, 0.4) is 0 Å². The number of piperidine rings is 1. The zero-order valence-corrected chi connectivity index (χ0v) is 13.3. The zero-order valence-electron chi connectivity index (χ0n) is 11.7. The third-order valence-corrected chi connectivity index (χ3v) is 3.86. The summed E-state index contributed by atoms with van der Waals surface area (Å²) in [7, 11) is 0. The normalized spacial score (nSPS) is 16.5. The van der Waals surface area contributed by atoms with Crippen molar-refractivity contribution in [2.75, 3.05) is 13.1 Å². The van der Waals surface area contributed by atoms with Gasteiger partial charge < -0.3 is 14.6 Å². The van der Waals surface area contributed by atoms with Crippen molar-refractivity contribution in [3.8, 4) is 0 Å². The Hall–Kier alpha value is -1.30. The van der Waals surface area contributed by atoms with Gasteiger partial charge in [0.2, 0.25) is 5.91 Å². The highest BCUT2D eigenvalue weighted by Gasteiger charge is 2.26. The summed E-state index contributed by atoms with van der Waals surface area (Å²) < 4.78 is 5.83. The molecule has 0 radical (unpaired) electrons. The highest BCUT2D eigenvalue weighted by atomic mass is 79.9. The first-order chi connectivity index (χ1) is 9.47.